The molecular formula is C20H22F2N6O2S. The first-order valence-corrected chi connectivity index (χ1v) is 11.0. The summed E-state index contributed by atoms with van der Waals surface area (Å²) in [7, 11) is -2.30. The largest absolute Gasteiger partial charge is 0.363 e. The van der Waals surface area contributed by atoms with Crippen molar-refractivity contribution in [3.63, 3.8) is 0 Å². The van der Waals surface area contributed by atoms with Crippen LogP contribution in [0.5, 0.6) is 0 Å². The fourth-order valence-electron chi connectivity index (χ4n) is 3.03. The fraction of sp³-hybridized carbons (Fsp3) is 0.350. The van der Waals surface area contributed by atoms with Gasteiger partial charge in [-0.3, -0.25) is 0 Å². The molecule has 0 amide bonds. The molecule has 11 heteroatoms. The topological polar surface area (TPSA) is 124 Å². The quantitative estimate of drug-likeness (QED) is 0.532. The average Bonchev–Trinajstić information content (AvgIpc) is 3.10. The highest BCUT2D eigenvalue weighted by atomic mass is 32.2. The maximum atomic E-state index is 14.8. The number of anilines is 1. The molecule has 0 spiro atoms. The smallest absolute Gasteiger partial charge is 0.213 e. The first-order chi connectivity index (χ1) is 14.4. The molecule has 0 saturated heterocycles. The lowest BCUT2D eigenvalue weighted by Crippen LogP contribution is -2.43. The number of H-pyrrole nitrogens is 1. The van der Waals surface area contributed by atoms with Crippen LogP contribution in [0.2, 0.25) is 0 Å². The van der Waals surface area contributed by atoms with E-state index in [1.165, 1.54) is 19.3 Å². The number of rotatable bonds is 6. The van der Waals surface area contributed by atoms with Crippen molar-refractivity contribution in [1.29, 1.82) is 5.26 Å². The van der Waals surface area contributed by atoms with E-state index in [4.69, 9.17) is 0 Å². The summed E-state index contributed by atoms with van der Waals surface area (Å²) in [6, 6.07) is 3.46. The molecule has 1 atom stereocenters. The van der Waals surface area contributed by atoms with Crippen molar-refractivity contribution in [3.05, 3.63) is 41.7 Å². The van der Waals surface area contributed by atoms with Gasteiger partial charge in [-0.25, -0.2) is 31.9 Å². The molecule has 0 aromatic carbocycles. The van der Waals surface area contributed by atoms with Gasteiger partial charge in [0.1, 0.15) is 17.5 Å². The van der Waals surface area contributed by atoms with Crippen molar-refractivity contribution >= 4 is 26.9 Å². The molecule has 0 aliphatic rings. The van der Waals surface area contributed by atoms with Crippen molar-refractivity contribution in [2.75, 3.05) is 18.1 Å². The third-order valence-electron chi connectivity index (χ3n) is 4.90. The predicted octanol–water partition coefficient (Wildman–Crippen LogP) is 3.15. The minimum atomic E-state index is -3.60. The van der Waals surface area contributed by atoms with Crippen LogP contribution >= 0.6 is 0 Å². The Kier molecular flexibility index (Phi) is 5.98. The number of nitriles is 1. The number of hydrogen-bond donors (Lipinski definition) is 3. The molecule has 0 aliphatic heterocycles. The van der Waals surface area contributed by atoms with E-state index in [9.17, 15) is 22.5 Å². The van der Waals surface area contributed by atoms with E-state index in [1.807, 2.05) is 26.8 Å². The summed E-state index contributed by atoms with van der Waals surface area (Å²) < 4.78 is 55.0. The summed E-state index contributed by atoms with van der Waals surface area (Å²) in [5.74, 6) is -1.90. The summed E-state index contributed by atoms with van der Waals surface area (Å²) in [4.78, 5) is 11.1. The van der Waals surface area contributed by atoms with E-state index < -0.39 is 33.1 Å². The van der Waals surface area contributed by atoms with Crippen LogP contribution in [0.3, 0.4) is 0 Å². The highest BCUT2D eigenvalue weighted by Gasteiger charge is 2.31. The second-order valence-corrected chi connectivity index (χ2v) is 10.1. The van der Waals surface area contributed by atoms with Crippen LogP contribution < -0.4 is 10.0 Å². The predicted molar refractivity (Wildman–Crippen MR) is 114 cm³/mol. The average molecular weight is 448 g/mol. The molecule has 31 heavy (non-hydrogen) atoms. The van der Waals surface area contributed by atoms with E-state index in [2.05, 4.69) is 25.0 Å². The van der Waals surface area contributed by atoms with Crippen LogP contribution in [0.25, 0.3) is 22.3 Å². The second-order valence-electron chi connectivity index (χ2n) is 8.13. The minimum absolute atomic E-state index is 0.0524. The van der Waals surface area contributed by atoms with Crippen LogP contribution in [0.1, 0.15) is 26.3 Å². The van der Waals surface area contributed by atoms with E-state index >= 15 is 0 Å². The van der Waals surface area contributed by atoms with Gasteiger partial charge in [-0.05, 0) is 24.6 Å². The minimum Gasteiger partial charge on any atom is -0.363 e. The molecule has 8 nitrogen and oxygen atoms in total. The number of fused-ring (bicyclic) bond motifs is 1. The van der Waals surface area contributed by atoms with Crippen molar-refractivity contribution in [1.82, 2.24) is 19.7 Å². The Morgan fingerprint density at radius 2 is 2.00 bits per heavy atom. The number of sulfonamides is 1. The van der Waals surface area contributed by atoms with Crippen LogP contribution in [0.15, 0.2) is 24.5 Å². The van der Waals surface area contributed by atoms with Crippen LogP contribution in [-0.4, -0.2) is 42.2 Å². The molecule has 3 aromatic heterocycles. The lowest BCUT2D eigenvalue weighted by atomic mass is 9.88. The summed E-state index contributed by atoms with van der Waals surface area (Å²) in [6.07, 6.45) is 2.56. The monoisotopic (exact) mass is 448 g/mol. The molecule has 0 bridgehead atoms. The number of halogens is 2. The summed E-state index contributed by atoms with van der Waals surface area (Å²) in [6.45, 7) is 5.44. The molecule has 164 valence electrons. The second kappa shape index (κ2) is 8.20. The number of pyridine rings is 2. The normalized spacial score (nSPS) is 13.2. The van der Waals surface area contributed by atoms with Gasteiger partial charge in [0, 0.05) is 23.2 Å². The first-order valence-electron chi connectivity index (χ1n) is 9.36. The molecule has 0 aliphatic carbocycles. The van der Waals surface area contributed by atoms with E-state index in [0.29, 0.717) is 16.6 Å². The van der Waals surface area contributed by atoms with Crippen LogP contribution in [0.4, 0.5) is 14.6 Å². The number of nitrogens with zero attached hydrogens (tertiary/aromatic N) is 3. The molecule has 0 unspecified atom stereocenters. The lowest BCUT2D eigenvalue weighted by Gasteiger charge is -2.31. The molecule has 3 aromatic rings. The maximum absolute atomic E-state index is 14.8. The number of aromatic nitrogens is 3. The summed E-state index contributed by atoms with van der Waals surface area (Å²) in [5.41, 5.74) is 0.253. The van der Waals surface area contributed by atoms with Crippen molar-refractivity contribution in [3.8, 4) is 17.3 Å². The van der Waals surface area contributed by atoms with Gasteiger partial charge in [-0.15, -0.1) is 0 Å². The number of nitrogens with one attached hydrogen (secondary N) is 3. The summed E-state index contributed by atoms with van der Waals surface area (Å²) >= 11 is 0. The van der Waals surface area contributed by atoms with E-state index in [0.717, 1.165) is 12.3 Å². The highest BCUT2D eigenvalue weighted by molar-refractivity contribution is 7.89. The molecular weight excluding hydrogens is 426 g/mol. The Morgan fingerprint density at radius 3 is 2.61 bits per heavy atom. The lowest BCUT2D eigenvalue weighted by molar-refractivity contribution is 0.357. The molecule has 3 N–H and O–H groups in total. The van der Waals surface area contributed by atoms with Crippen LogP contribution in [-0.2, 0) is 10.0 Å². The summed E-state index contributed by atoms with van der Waals surface area (Å²) in [5, 5.41) is 12.7. The third-order valence-corrected chi connectivity index (χ3v) is 6.30. The third kappa shape index (κ3) is 4.81. The van der Waals surface area contributed by atoms with E-state index in [-0.39, 0.29) is 22.8 Å². The van der Waals surface area contributed by atoms with Gasteiger partial charge in [-0.2, -0.15) is 5.26 Å². The van der Waals surface area contributed by atoms with Crippen molar-refractivity contribution < 1.29 is 17.2 Å². The Hall–Kier alpha value is -3.10. The molecule has 0 saturated carbocycles. The van der Waals surface area contributed by atoms with E-state index in [1.54, 1.807) is 0 Å². The van der Waals surface area contributed by atoms with Gasteiger partial charge in [0.25, 0.3) is 0 Å². The molecule has 0 radical (unpaired) electrons. The Labute approximate surface area is 178 Å². The van der Waals surface area contributed by atoms with Crippen molar-refractivity contribution in [2.45, 2.75) is 26.8 Å². The Balaban J connectivity index is 2.12. The fourth-order valence-corrected chi connectivity index (χ4v) is 4.22. The highest BCUT2D eigenvalue weighted by Crippen LogP contribution is 2.32. The zero-order chi connectivity index (χ0) is 23.0. The van der Waals surface area contributed by atoms with Crippen LogP contribution in [0, 0.1) is 28.4 Å². The standard InChI is InChI=1S/C20H22F2N6O2S/c1-20(2,3)16(10-31(29,30)24-4)27-19-15(22)5-11(7-23)17(28-19)14-9-26-18-13(14)6-12(21)8-25-18/h5-6,8-9,16,24H,10H2,1-4H3,(H,25,26)(H,27,28)/t16-/m1/s1. The van der Waals surface area contributed by atoms with Gasteiger partial charge in [0.15, 0.2) is 11.6 Å². The Morgan fingerprint density at radius 1 is 1.29 bits per heavy atom. The number of hydrogen-bond acceptors (Lipinski definition) is 6. The van der Waals surface area contributed by atoms with Gasteiger partial charge in [-0.1, -0.05) is 20.8 Å². The molecule has 3 rings (SSSR count). The molecule has 3 heterocycles. The SMILES string of the molecule is CNS(=O)(=O)C[C@@H](Nc1nc(-c2c[nH]c3ncc(F)cc23)c(C#N)cc1F)C(C)(C)C. The van der Waals surface area contributed by atoms with Gasteiger partial charge < -0.3 is 10.3 Å². The zero-order valence-corrected chi connectivity index (χ0v) is 18.2. The van der Waals surface area contributed by atoms with Gasteiger partial charge in [0.2, 0.25) is 10.0 Å². The number of aromatic amines is 1. The van der Waals surface area contributed by atoms with Crippen molar-refractivity contribution in [2.24, 2.45) is 5.41 Å². The maximum Gasteiger partial charge on any atom is 0.213 e. The first kappa shape index (κ1) is 22.6. The zero-order valence-electron chi connectivity index (χ0n) is 17.4. The van der Waals surface area contributed by atoms with Gasteiger partial charge in [0.05, 0.1) is 23.2 Å². The Bertz CT molecular complexity index is 1280. The van der Waals surface area contributed by atoms with Gasteiger partial charge >= 0.3 is 0 Å². The molecule has 0 fully saturated rings.